The fourth-order valence-corrected chi connectivity index (χ4v) is 2.62. The summed E-state index contributed by atoms with van der Waals surface area (Å²) in [4.78, 5) is 24.1. The molecule has 0 bridgehead atoms. The highest BCUT2D eigenvalue weighted by Crippen LogP contribution is 2.33. The molecule has 0 aromatic carbocycles. The largest absolute Gasteiger partial charge is 0.481 e. The van der Waals surface area contributed by atoms with Gasteiger partial charge in [0.15, 0.2) is 0 Å². The molecule has 2 fully saturated rings. The molecule has 0 radical (unpaired) electrons. The van der Waals surface area contributed by atoms with Crippen LogP contribution < -0.4 is 0 Å². The summed E-state index contributed by atoms with van der Waals surface area (Å²) in [5.41, 5.74) is 0. The molecule has 0 spiro atoms. The third kappa shape index (κ3) is 1.71. The van der Waals surface area contributed by atoms with Gasteiger partial charge in [-0.05, 0) is 6.42 Å². The number of hydrogen-bond acceptors (Lipinski definition) is 3. The van der Waals surface area contributed by atoms with Gasteiger partial charge in [0, 0.05) is 19.4 Å². The lowest BCUT2D eigenvalue weighted by Gasteiger charge is -2.39. The number of ether oxygens (including phenoxy) is 1. The monoisotopic (exact) mass is 213 g/mol. The number of nitrogens with zero attached hydrogens (tertiary/aromatic N) is 1. The van der Waals surface area contributed by atoms with Crippen LogP contribution in [0, 0.1) is 11.8 Å². The first kappa shape index (κ1) is 10.4. The van der Waals surface area contributed by atoms with Gasteiger partial charge in [-0.3, -0.25) is 9.59 Å². The average molecular weight is 213 g/mol. The molecule has 0 saturated carbocycles. The molecule has 2 aliphatic heterocycles. The molecule has 0 aliphatic carbocycles. The minimum Gasteiger partial charge on any atom is -0.481 e. The molecule has 84 valence electrons. The summed E-state index contributed by atoms with van der Waals surface area (Å²) in [5.74, 6) is -1.13. The smallest absolute Gasteiger partial charge is 0.307 e. The predicted octanol–water partition coefficient (Wildman–Crippen LogP) is -0.0456. The van der Waals surface area contributed by atoms with Crippen LogP contribution in [0.4, 0.5) is 0 Å². The van der Waals surface area contributed by atoms with E-state index in [0.29, 0.717) is 26.2 Å². The summed E-state index contributed by atoms with van der Waals surface area (Å²) in [6, 6.07) is -0.0302. The Morgan fingerprint density at radius 2 is 2.13 bits per heavy atom. The normalized spacial score (nSPS) is 35.0. The molecule has 15 heavy (non-hydrogen) atoms. The van der Waals surface area contributed by atoms with Gasteiger partial charge in [-0.2, -0.15) is 0 Å². The van der Waals surface area contributed by atoms with Crippen molar-refractivity contribution in [2.75, 3.05) is 19.8 Å². The van der Waals surface area contributed by atoms with Gasteiger partial charge in [-0.15, -0.1) is 0 Å². The molecule has 2 heterocycles. The van der Waals surface area contributed by atoms with Crippen LogP contribution in [-0.4, -0.2) is 47.7 Å². The van der Waals surface area contributed by atoms with Crippen molar-refractivity contribution in [2.24, 2.45) is 11.8 Å². The molecule has 0 aromatic heterocycles. The van der Waals surface area contributed by atoms with Crippen molar-refractivity contribution in [1.29, 1.82) is 0 Å². The lowest BCUT2D eigenvalue weighted by molar-refractivity contribution is -0.149. The Kier molecular flexibility index (Phi) is 2.65. The summed E-state index contributed by atoms with van der Waals surface area (Å²) >= 11 is 0. The van der Waals surface area contributed by atoms with Gasteiger partial charge in [0.25, 0.3) is 0 Å². The summed E-state index contributed by atoms with van der Waals surface area (Å²) < 4.78 is 5.30. The van der Waals surface area contributed by atoms with Crippen LogP contribution in [0.5, 0.6) is 0 Å². The number of amides is 1. The number of carboxylic acids is 1. The summed E-state index contributed by atoms with van der Waals surface area (Å²) in [7, 11) is 0. The first-order valence-electron chi connectivity index (χ1n) is 5.19. The van der Waals surface area contributed by atoms with Crippen molar-refractivity contribution in [3.8, 4) is 0 Å². The zero-order valence-corrected chi connectivity index (χ0v) is 8.68. The minimum absolute atomic E-state index is 0.0133. The van der Waals surface area contributed by atoms with Gasteiger partial charge in [-0.25, -0.2) is 0 Å². The number of carboxylic acid groups (broad SMARTS) is 1. The molecule has 0 aromatic rings. The Morgan fingerprint density at radius 3 is 2.73 bits per heavy atom. The molecule has 2 aliphatic rings. The fraction of sp³-hybridized carbons (Fsp3) is 0.800. The highest BCUT2D eigenvalue weighted by Gasteiger charge is 2.45. The van der Waals surface area contributed by atoms with Crippen molar-refractivity contribution in [3.63, 3.8) is 0 Å². The van der Waals surface area contributed by atoms with Crippen LogP contribution in [0.2, 0.25) is 0 Å². The third-order valence-electron chi connectivity index (χ3n) is 3.41. The first-order chi connectivity index (χ1) is 7.11. The van der Waals surface area contributed by atoms with Gasteiger partial charge >= 0.3 is 5.97 Å². The van der Waals surface area contributed by atoms with Gasteiger partial charge < -0.3 is 14.7 Å². The van der Waals surface area contributed by atoms with E-state index < -0.39 is 5.97 Å². The number of aliphatic carboxylic acids is 1. The van der Waals surface area contributed by atoms with E-state index in [1.54, 1.807) is 4.90 Å². The highest BCUT2D eigenvalue weighted by atomic mass is 16.5. The molecule has 2 rings (SSSR count). The maximum absolute atomic E-state index is 11.3. The Hall–Kier alpha value is -1.10. The number of hydrogen-bond donors (Lipinski definition) is 1. The number of rotatable bonds is 1. The second-order valence-corrected chi connectivity index (χ2v) is 4.21. The number of likely N-dealkylation sites (tertiary alicyclic amines) is 1. The standard InChI is InChI=1S/C10H15NO4/c1-6(12)11-3-2-7(10(13)14)8-4-15-5-9(8)11/h7-9H,2-5H2,1H3,(H,13,14)/t7?,8-,9+/m0/s1. The van der Waals surface area contributed by atoms with E-state index in [9.17, 15) is 9.59 Å². The zero-order chi connectivity index (χ0) is 11.0. The molecule has 5 heteroatoms. The SMILES string of the molecule is CC(=O)N1CCC(C(=O)O)[C@@H]2COC[C@H]21. The zero-order valence-electron chi connectivity index (χ0n) is 8.68. The second-order valence-electron chi connectivity index (χ2n) is 4.21. The number of carbonyl (C=O) groups excluding carboxylic acids is 1. The Labute approximate surface area is 88.0 Å². The van der Waals surface area contributed by atoms with Crippen molar-refractivity contribution in [2.45, 2.75) is 19.4 Å². The van der Waals surface area contributed by atoms with Crippen molar-refractivity contribution in [1.82, 2.24) is 4.90 Å². The number of fused-ring (bicyclic) bond motifs is 1. The van der Waals surface area contributed by atoms with E-state index in [0.717, 1.165) is 0 Å². The molecule has 2 saturated heterocycles. The molecule has 5 nitrogen and oxygen atoms in total. The van der Waals surface area contributed by atoms with E-state index in [4.69, 9.17) is 9.84 Å². The van der Waals surface area contributed by atoms with E-state index in [2.05, 4.69) is 0 Å². The Balaban J connectivity index is 2.16. The van der Waals surface area contributed by atoms with Gasteiger partial charge in [-0.1, -0.05) is 0 Å². The maximum atomic E-state index is 11.3. The lowest BCUT2D eigenvalue weighted by atomic mass is 9.81. The molecule has 1 amide bonds. The highest BCUT2D eigenvalue weighted by molar-refractivity contribution is 5.75. The summed E-state index contributed by atoms with van der Waals surface area (Å²) in [6.45, 7) is 3.01. The second kappa shape index (κ2) is 3.81. The van der Waals surface area contributed by atoms with Crippen molar-refractivity contribution < 1.29 is 19.4 Å². The average Bonchev–Trinajstić information content (AvgIpc) is 2.63. The van der Waals surface area contributed by atoms with Crippen LogP contribution >= 0.6 is 0 Å². The summed E-state index contributed by atoms with van der Waals surface area (Å²) in [6.07, 6.45) is 0.541. The van der Waals surface area contributed by atoms with Crippen LogP contribution in [-0.2, 0) is 14.3 Å². The van der Waals surface area contributed by atoms with E-state index in [1.807, 2.05) is 0 Å². The maximum Gasteiger partial charge on any atom is 0.307 e. The Bertz CT molecular complexity index is 263. The summed E-state index contributed by atoms with van der Waals surface area (Å²) in [5, 5.41) is 9.05. The molecular formula is C10H15NO4. The minimum atomic E-state index is -0.765. The fourth-order valence-electron chi connectivity index (χ4n) is 2.62. The quantitative estimate of drug-likeness (QED) is 0.663. The van der Waals surface area contributed by atoms with Gasteiger partial charge in [0.05, 0.1) is 25.2 Å². The van der Waals surface area contributed by atoms with E-state index in [-0.39, 0.29) is 23.8 Å². The molecule has 1 unspecified atom stereocenters. The van der Waals surface area contributed by atoms with Gasteiger partial charge in [0.2, 0.25) is 5.91 Å². The third-order valence-corrected chi connectivity index (χ3v) is 3.41. The van der Waals surface area contributed by atoms with Crippen molar-refractivity contribution >= 4 is 11.9 Å². The van der Waals surface area contributed by atoms with E-state index in [1.165, 1.54) is 6.92 Å². The van der Waals surface area contributed by atoms with Gasteiger partial charge in [0.1, 0.15) is 0 Å². The predicted molar refractivity (Wildman–Crippen MR) is 51.2 cm³/mol. The van der Waals surface area contributed by atoms with E-state index >= 15 is 0 Å². The molecular weight excluding hydrogens is 198 g/mol. The number of carbonyl (C=O) groups is 2. The molecule has 1 N–H and O–H groups in total. The molecule has 3 atom stereocenters. The van der Waals surface area contributed by atoms with Crippen LogP contribution in [0.3, 0.4) is 0 Å². The van der Waals surface area contributed by atoms with Crippen LogP contribution in [0.15, 0.2) is 0 Å². The topological polar surface area (TPSA) is 66.8 Å². The van der Waals surface area contributed by atoms with Crippen LogP contribution in [0.25, 0.3) is 0 Å². The van der Waals surface area contributed by atoms with Crippen LogP contribution in [0.1, 0.15) is 13.3 Å². The lowest BCUT2D eigenvalue weighted by Crippen LogP contribution is -2.52. The Morgan fingerprint density at radius 1 is 1.40 bits per heavy atom. The first-order valence-corrected chi connectivity index (χ1v) is 5.19. The van der Waals surface area contributed by atoms with Crippen molar-refractivity contribution in [3.05, 3.63) is 0 Å². The number of piperidine rings is 1.